The van der Waals surface area contributed by atoms with Crippen LogP contribution in [0.25, 0.3) is 10.9 Å². The molecule has 9 heteroatoms. The fraction of sp³-hybridized carbons (Fsp3) is 0.469. The molecule has 0 unspecified atom stereocenters. The zero-order chi connectivity index (χ0) is 29.3. The molecule has 0 spiro atoms. The molecule has 2 N–H and O–H groups in total. The molecular weight excluding hydrogens is 520 g/mol. The van der Waals surface area contributed by atoms with Gasteiger partial charge in [-0.1, -0.05) is 55.5 Å². The third kappa shape index (κ3) is 5.37. The second kappa shape index (κ2) is 11.5. The van der Waals surface area contributed by atoms with Gasteiger partial charge in [0.05, 0.1) is 32.0 Å². The van der Waals surface area contributed by atoms with Crippen molar-refractivity contribution in [1.29, 1.82) is 0 Å². The van der Waals surface area contributed by atoms with Gasteiger partial charge in [0, 0.05) is 31.0 Å². The normalized spacial score (nSPS) is 19.4. The van der Waals surface area contributed by atoms with Crippen molar-refractivity contribution in [2.45, 2.75) is 84.0 Å². The zero-order valence-electron chi connectivity index (χ0n) is 24.6. The largest absolute Gasteiger partial charge is 0.493 e. The number of methoxy groups -OCH3 is 2. The third-order valence-electron chi connectivity index (χ3n) is 8.52. The van der Waals surface area contributed by atoms with Crippen molar-refractivity contribution in [2.24, 2.45) is 0 Å². The summed E-state index contributed by atoms with van der Waals surface area (Å²) in [5.41, 5.74) is 2.26. The van der Waals surface area contributed by atoms with Crippen LogP contribution in [0.5, 0.6) is 11.5 Å². The van der Waals surface area contributed by atoms with Crippen LogP contribution in [0.1, 0.15) is 74.0 Å². The second-order valence-electron chi connectivity index (χ2n) is 11.5. The Morgan fingerprint density at radius 3 is 2.24 bits per heavy atom. The Labute approximate surface area is 241 Å². The van der Waals surface area contributed by atoms with Gasteiger partial charge in [-0.05, 0) is 38.3 Å². The van der Waals surface area contributed by atoms with Crippen LogP contribution in [0.15, 0.2) is 36.4 Å². The van der Waals surface area contributed by atoms with Gasteiger partial charge in [0.25, 0.3) is 5.91 Å². The fourth-order valence-electron chi connectivity index (χ4n) is 6.19. The van der Waals surface area contributed by atoms with Gasteiger partial charge in [-0.25, -0.2) is 0 Å². The predicted octanol–water partition coefficient (Wildman–Crippen LogP) is 5.18. The molecule has 0 radical (unpaired) electrons. The van der Waals surface area contributed by atoms with E-state index < -0.39 is 5.54 Å². The molecule has 2 heterocycles. The topological polar surface area (TPSA) is 102 Å². The predicted molar refractivity (Wildman–Crippen MR) is 158 cm³/mol. The summed E-state index contributed by atoms with van der Waals surface area (Å²) < 4.78 is 13.0. The summed E-state index contributed by atoms with van der Waals surface area (Å²) in [5.74, 6) is 0.181. The number of benzene rings is 2. The molecule has 1 aromatic heterocycles. The smallest absolute Gasteiger partial charge is 0.273 e. The van der Waals surface area contributed by atoms with E-state index in [1.165, 1.54) is 19.8 Å². The molecule has 1 aliphatic carbocycles. The van der Waals surface area contributed by atoms with Gasteiger partial charge < -0.3 is 29.6 Å². The number of aromatic nitrogens is 1. The summed E-state index contributed by atoms with van der Waals surface area (Å²) in [4.78, 5) is 42.8. The molecule has 218 valence electrons. The average molecular weight is 561 g/mol. The maximum absolute atomic E-state index is 14.5. The fourth-order valence-corrected chi connectivity index (χ4v) is 6.19. The lowest BCUT2D eigenvalue weighted by molar-refractivity contribution is -0.134. The number of hydrogen-bond donors (Lipinski definition) is 2. The van der Waals surface area contributed by atoms with E-state index in [9.17, 15) is 14.4 Å². The van der Waals surface area contributed by atoms with E-state index in [0.29, 0.717) is 33.8 Å². The van der Waals surface area contributed by atoms with E-state index in [-0.39, 0.29) is 36.9 Å². The minimum absolute atomic E-state index is 0.0836. The molecule has 1 saturated carbocycles. The lowest BCUT2D eigenvalue weighted by Crippen LogP contribution is -2.64. The number of anilines is 1. The molecule has 3 aromatic rings. The van der Waals surface area contributed by atoms with Crippen LogP contribution >= 0.6 is 0 Å². The Hall–Kier alpha value is -4.01. The zero-order valence-corrected chi connectivity index (χ0v) is 24.6. The molecule has 0 bridgehead atoms. The number of carbonyl (C=O) groups excluding carboxylic acids is 3. The maximum Gasteiger partial charge on any atom is 0.273 e. The Balaban J connectivity index is 1.66. The average Bonchev–Trinajstić information content (AvgIpc) is 3.08. The van der Waals surface area contributed by atoms with Gasteiger partial charge in [-0.2, -0.15) is 0 Å². The third-order valence-corrected chi connectivity index (χ3v) is 8.52. The van der Waals surface area contributed by atoms with E-state index in [0.717, 1.165) is 36.8 Å². The van der Waals surface area contributed by atoms with Gasteiger partial charge in [0.2, 0.25) is 11.8 Å². The summed E-state index contributed by atoms with van der Waals surface area (Å²) in [6.07, 6.45) is 6.41. The highest BCUT2D eigenvalue weighted by Crippen LogP contribution is 2.43. The minimum atomic E-state index is -1.19. The number of aryl methyl sites for hydroxylation is 1. The van der Waals surface area contributed by atoms with Crippen LogP contribution in [-0.4, -0.2) is 53.0 Å². The maximum atomic E-state index is 14.5. The number of hydrogen-bond acceptors (Lipinski definition) is 5. The van der Waals surface area contributed by atoms with Crippen LogP contribution in [0.2, 0.25) is 0 Å². The first kappa shape index (κ1) is 28.5. The Kier molecular flexibility index (Phi) is 7.98. The van der Waals surface area contributed by atoms with E-state index in [1.54, 1.807) is 31.3 Å². The van der Waals surface area contributed by atoms with Crippen molar-refractivity contribution in [3.05, 3.63) is 53.2 Å². The second-order valence-corrected chi connectivity index (χ2v) is 11.5. The lowest BCUT2D eigenvalue weighted by Gasteiger charge is -2.45. The number of ether oxygens (including phenoxy) is 2. The van der Waals surface area contributed by atoms with Crippen LogP contribution < -0.4 is 20.1 Å². The Morgan fingerprint density at radius 1 is 1.00 bits per heavy atom. The number of nitrogens with zero attached hydrogens (tertiary/aromatic N) is 2. The molecule has 1 aliphatic heterocycles. The summed E-state index contributed by atoms with van der Waals surface area (Å²) in [6.45, 7) is 5.74. The molecule has 5 rings (SSSR count). The van der Waals surface area contributed by atoms with Crippen molar-refractivity contribution in [1.82, 2.24) is 14.8 Å². The Bertz CT molecular complexity index is 1470. The highest BCUT2D eigenvalue weighted by atomic mass is 16.5. The lowest BCUT2D eigenvalue weighted by atomic mass is 9.92. The number of rotatable bonds is 7. The van der Waals surface area contributed by atoms with Crippen LogP contribution in [0.4, 0.5) is 5.69 Å². The van der Waals surface area contributed by atoms with Crippen molar-refractivity contribution in [3.63, 3.8) is 0 Å². The first-order valence-corrected chi connectivity index (χ1v) is 14.4. The van der Waals surface area contributed by atoms with Gasteiger partial charge >= 0.3 is 0 Å². The number of fused-ring (bicyclic) bond motifs is 3. The molecule has 0 saturated heterocycles. The summed E-state index contributed by atoms with van der Waals surface area (Å²) in [7, 11) is 3.10. The van der Waals surface area contributed by atoms with E-state index in [4.69, 9.17) is 9.47 Å². The molecule has 1 atom stereocenters. The van der Waals surface area contributed by atoms with Gasteiger partial charge in [-0.3, -0.25) is 14.4 Å². The standard InChI is InChI=1S/C32H40N4O5/c1-20-12-14-22(15-13-20)18-36-30(38)29-28(33-21(2)37)24-16-26(40-4)27(41-5)17-25(24)35(29)19-32(36,3)31(39)34-23-10-8-6-7-9-11-23/h12-17,23H,6-11,18-19H2,1-5H3,(H,33,37)(H,34,39)/t32-/m0/s1. The Morgan fingerprint density at radius 2 is 1.63 bits per heavy atom. The van der Waals surface area contributed by atoms with E-state index in [2.05, 4.69) is 10.6 Å². The van der Waals surface area contributed by atoms with Crippen LogP contribution in [-0.2, 0) is 22.7 Å². The molecule has 1 fully saturated rings. The summed E-state index contributed by atoms with van der Waals surface area (Å²) in [5, 5.41) is 6.85. The molecule has 41 heavy (non-hydrogen) atoms. The van der Waals surface area contributed by atoms with Crippen molar-refractivity contribution in [2.75, 3.05) is 19.5 Å². The first-order valence-electron chi connectivity index (χ1n) is 14.4. The minimum Gasteiger partial charge on any atom is -0.493 e. The molecular formula is C32H40N4O5. The monoisotopic (exact) mass is 560 g/mol. The highest BCUT2D eigenvalue weighted by Gasteiger charge is 2.49. The van der Waals surface area contributed by atoms with E-state index in [1.807, 2.05) is 42.7 Å². The first-order chi connectivity index (χ1) is 19.7. The van der Waals surface area contributed by atoms with E-state index >= 15 is 0 Å². The van der Waals surface area contributed by atoms with Crippen molar-refractivity contribution >= 4 is 34.3 Å². The molecule has 2 aromatic carbocycles. The molecule has 3 amide bonds. The summed E-state index contributed by atoms with van der Waals surface area (Å²) in [6, 6.07) is 11.6. The van der Waals surface area contributed by atoms with Crippen molar-refractivity contribution in [3.8, 4) is 11.5 Å². The van der Waals surface area contributed by atoms with Gasteiger partial charge in [0.1, 0.15) is 11.2 Å². The molecule has 9 nitrogen and oxygen atoms in total. The highest BCUT2D eigenvalue weighted by molar-refractivity contribution is 6.15. The summed E-state index contributed by atoms with van der Waals surface area (Å²) >= 11 is 0. The van der Waals surface area contributed by atoms with Gasteiger partial charge in [-0.15, -0.1) is 0 Å². The van der Waals surface area contributed by atoms with Gasteiger partial charge in [0.15, 0.2) is 11.5 Å². The quantitative estimate of drug-likeness (QED) is 0.388. The number of carbonyl (C=O) groups is 3. The van der Waals surface area contributed by atoms with Crippen LogP contribution in [0, 0.1) is 6.92 Å². The molecule has 2 aliphatic rings. The number of nitrogens with one attached hydrogen (secondary N) is 2. The van der Waals surface area contributed by atoms with Crippen LogP contribution in [0.3, 0.4) is 0 Å². The SMILES string of the molecule is COc1cc2c(NC(C)=O)c3n(c2cc1OC)C[C@@](C)(C(=O)NC1CCCCCC1)N(Cc1ccc(C)cc1)C3=O. The number of amides is 3. The van der Waals surface area contributed by atoms with Crippen molar-refractivity contribution < 1.29 is 23.9 Å².